The first-order valence-corrected chi connectivity index (χ1v) is 10.9. The van der Waals surface area contributed by atoms with Crippen molar-refractivity contribution in [2.24, 2.45) is 7.05 Å². The molecule has 190 valence electrons. The number of halogens is 1. The number of ketones is 1. The van der Waals surface area contributed by atoms with E-state index in [1.807, 2.05) is 0 Å². The van der Waals surface area contributed by atoms with Gasteiger partial charge in [-0.15, -0.1) is 0 Å². The number of anilines is 1. The lowest BCUT2D eigenvalue weighted by molar-refractivity contribution is -0.121. The number of nitrogens with one attached hydrogen (secondary N) is 1. The molecule has 1 N–H and O–H groups in total. The zero-order valence-electron chi connectivity index (χ0n) is 19.2. The second kappa shape index (κ2) is 10.5. The summed E-state index contributed by atoms with van der Waals surface area (Å²) in [5, 5.41) is 3.10. The van der Waals surface area contributed by atoms with Gasteiger partial charge in [0.25, 0.3) is 5.56 Å². The van der Waals surface area contributed by atoms with Gasteiger partial charge >= 0.3 is 6.09 Å². The standard InChI is InChI=1S/C22H21FN6O6.H2S/c1-28-18(31)9-25-15-3-2-14(23)20(19(15)28)33-5-4-24-7-13-10-29(22(32)35-13)17-8-26-21-16(27-17)6-12(30)11-34-21;/h2-3,8-9,13,24H,4-7,10-11H2,1H3;1H2/t13-;/m0./s1. The summed E-state index contributed by atoms with van der Waals surface area (Å²) in [7, 11) is 1.52. The van der Waals surface area contributed by atoms with Gasteiger partial charge in [0.15, 0.2) is 23.2 Å². The molecule has 1 fully saturated rings. The average molecular weight is 519 g/mol. The average Bonchev–Trinajstić information content (AvgIpc) is 3.22. The number of aromatic nitrogens is 4. The predicted molar refractivity (Wildman–Crippen MR) is 130 cm³/mol. The summed E-state index contributed by atoms with van der Waals surface area (Å²) < 4.78 is 31.9. The Hall–Kier alpha value is -3.78. The van der Waals surface area contributed by atoms with Crippen LogP contribution in [0.3, 0.4) is 0 Å². The molecule has 1 aromatic carbocycles. The van der Waals surface area contributed by atoms with Gasteiger partial charge in [0.2, 0.25) is 5.88 Å². The van der Waals surface area contributed by atoms with Crippen molar-refractivity contribution in [3.8, 4) is 11.6 Å². The molecule has 5 rings (SSSR count). The van der Waals surface area contributed by atoms with E-state index in [1.54, 1.807) is 0 Å². The monoisotopic (exact) mass is 518 g/mol. The van der Waals surface area contributed by atoms with Crippen molar-refractivity contribution in [1.82, 2.24) is 24.8 Å². The Bertz CT molecular complexity index is 1390. The number of hydrogen-bond donors (Lipinski definition) is 1. The first-order chi connectivity index (χ1) is 16.9. The minimum Gasteiger partial charge on any atom is -0.487 e. The van der Waals surface area contributed by atoms with Crippen LogP contribution in [0.25, 0.3) is 11.0 Å². The van der Waals surface area contributed by atoms with Crippen LogP contribution < -0.4 is 25.2 Å². The van der Waals surface area contributed by atoms with E-state index in [2.05, 4.69) is 20.3 Å². The molecule has 4 heterocycles. The Labute approximate surface area is 210 Å². The highest BCUT2D eigenvalue weighted by Crippen LogP contribution is 2.27. The molecule has 3 aromatic rings. The maximum Gasteiger partial charge on any atom is 0.416 e. The highest BCUT2D eigenvalue weighted by atomic mass is 32.1. The maximum absolute atomic E-state index is 14.4. The second-order valence-corrected chi connectivity index (χ2v) is 8.05. The third-order valence-electron chi connectivity index (χ3n) is 5.62. The van der Waals surface area contributed by atoms with Gasteiger partial charge in [0.1, 0.15) is 30.5 Å². The molecule has 1 saturated heterocycles. The van der Waals surface area contributed by atoms with Crippen molar-refractivity contribution in [1.29, 1.82) is 0 Å². The summed E-state index contributed by atoms with van der Waals surface area (Å²) in [4.78, 5) is 49.7. The molecule has 0 radical (unpaired) electrons. The zero-order chi connectivity index (χ0) is 24.5. The molecule has 12 nitrogen and oxygen atoms in total. The molecular formula is C22H23FN6O6S. The first-order valence-electron chi connectivity index (χ1n) is 10.9. The number of aryl methyl sites for hydroxylation is 1. The lowest BCUT2D eigenvalue weighted by Gasteiger charge is -2.17. The van der Waals surface area contributed by atoms with Gasteiger partial charge in [-0.2, -0.15) is 13.5 Å². The van der Waals surface area contributed by atoms with E-state index in [9.17, 15) is 18.8 Å². The van der Waals surface area contributed by atoms with Crippen molar-refractivity contribution in [2.45, 2.75) is 12.5 Å². The van der Waals surface area contributed by atoms with Crippen LogP contribution in [-0.4, -0.2) is 70.3 Å². The number of fused-ring (bicyclic) bond motifs is 2. The van der Waals surface area contributed by atoms with Crippen LogP contribution in [-0.2, 0) is 23.0 Å². The van der Waals surface area contributed by atoms with Crippen molar-refractivity contribution in [3.63, 3.8) is 0 Å². The van der Waals surface area contributed by atoms with Gasteiger partial charge in [0.05, 0.1) is 30.9 Å². The molecule has 0 unspecified atom stereocenters. The topological polar surface area (TPSA) is 138 Å². The van der Waals surface area contributed by atoms with Gasteiger partial charge < -0.3 is 24.1 Å². The summed E-state index contributed by atoms with van der Waals surface area (Å²) >= 11 is 0. The van der Waals surface area contributed by atoms with Gasteiger partial charge in [-0.25, -0.2) is 24.1 Å². The third kappa shape index (κ3) is 4.95. The molecule has 1 atom stereocenters. The summed E-state index contributed by atoms with van der Waals surface area (Å²) in [5.41, 5.74) is 0.729. The predicted octanol–water partition coefficient (Wildman–Crippen LogP) is 0.473. The lowest BCUT2D eigenvalue weighted by Crippen LogP contribution is -2.33. The molecule has 2 aliphatic rings. The highest BCUT2D eigenvalue weighted by molar-refractivity contribution is 7.59. The Morgan fingerprint density at radius 2 is 2.06 bits per heavy atom. The molecule has 2 aliphatic heterocycles. The van der Waals surface area contributed by atoms with Gasteiger partial charge in [-0.05, 0) is 12.1 Å². The molecule has 0 aliphatic carbocycles. The number of ether oxygens (including phenoxy) is 3. The minimum absolute atomic E-state index is 0. The van der Waals surface area contributed by atoms with Crippen molar-refractivity contribution >= 4 is 42.2 Å². The van der Waals surface area contributed by atoms with E-state index in [1.165, 1.54) is 41.0 Å². The van der Waals surface area contributed by atoms with Crippen LogP contribution in [0.5, 0.6) is 11.6 Å². The number of benzene rings is 1. The normalized spacial score (nSPS) is 16.8. The zero-order valence-corrected chi connectivity index (χ0v) is 20.2. The number of nitrogens with zero attached hydrogens (tertiary/aromatic N) is 5. The Morgan fingerprint density at radius 1 is 1.22 bits per heavy atom. The molecule has 14 heteroatoms. The van der Waals surface area contributed by atoms with Crippen LogP contribution in [0, 0.1) is 5.82 Å². The largest absolute Gasteiger partial charge is 0.487 e. The van der Waals surface area contributed by atoms with Crippen LogP contribution in [0.4, 0.5) is 15.0 Å². The maximum atomic E-state index is 14.4. The molecule has 2 aromatic heterocycles. The number of carbonyl (C=O) groups excluding carboxylic acids is 2. The molecule has 36 heavy (non-hydrogen) atoms. The number of carbonyl (C=O) groups is 2. The fourth-order valence-electron chi connectivity index (χ4n) is 3.88. The number of amides is 1. The second-order valence-electron chi connectivity index (χ2n) is 8.05. The number of hydrogen-bond acceptors (Lipinski definition) is 10. The van der Waals surface area contributed by atoms with Gasteiger partial charge in [0, 0.05) is 20.1 Å². The number of cyclic esters (lactones) is 1. The van der Waals surface area contributed by atoms with E-state index >= 15 is 0 Å². The molecule has 0 saturated carbocycles. The quantitative estimate of drug-likeness (QED) is 0.440. The SMILES string of the molecule is Cn1c(=O)cnc2ccc(F)c(OCCNC[C@H]3CN(c4cnc5c(n4)CC(=O)CO5)C(=O)O3)c21.S. The summed E-state index contributed by atoms with van der Waals surface area (Å²) in [5.74, 6) is -0.191. The van der Waals surface area contributed by atoms with E-state index in [0.717, 1.165) is 0 Å². The number of rotatable bonds is 7. The molecular weight excluding hydrogens is 495 g/mol. The summed E-state index contributed by atoms with van der Waals surface area (Å²) in [6, 6.07) is 2.72. The Kier molecular flexibility index (Phi) is 7.35. The third-order valence-corrected chi connectivity index (χ3v) is 5.62. The van der Waals surface area contributed by atoms with Crippen LogP contribution in [0.15, 0.2) is 29.3 Å². The van der Waals surface area contributed by atoms with Gasteiger partial charge in [-0.1, -0.05) is 0 Å². The van der Waals surface area contributed by atoms with Gasteiger partial charge in [-0.3, -0.25) is 14.5 Å². The van der Waals surface area contributed by atoms with E-state index in [-0.39, 0.29) is 74.0 Å². The Morgan fingerprint density at radius 3 is 2.89 bits per heavy atom. The summed E-state index contributed by atoms with van der Waals surface area (Å²) in [6.45, 7) is 0.959. The van der Waals surface area contributed by atoms with Crippen LogP contribution in [0.2, 0.25) is 0 Å². The first kappa shape index (κ1) is 25.3. The smallest absolute Gasteiger partial charge is 0.416 e. The molecule has 0 spiro atoms. The van der Waals surface area contributed by atoms with Crippen molar-refractivity contribution in [2.75, 3.05) is 37.7 Å². The molecule has 1 amide bonds. The van der Waals surface area contributed by atoms with E-state index in [4.69, 9.17) is 14.2 Å². The fourth-order valence-corrected chi connectivity index (χ4v) is 3.88. The minimum atomic E-state index is -0.598. The van der Waals surface area contributed by atoms with Crippen LogP contribution in [0.1, 0.15) is 5.69 Å². The van der Waals surface area contributed by atoms with E-state index in [0.29, 0.717) is 24.3 Å². The highest BCUT2D eigenvalue weighted by Gasteiger charge is 2.34. The van der Waals surface area contributed by atoms with Crippen molar-refractivity contribution < 1.29 is 28.2 Å². The molecule has 0 bridgehead atoms. The summed E-state index contributed by atoms with van der Waals surface area (Å²) in [6.07, 6.45) is 1.64. The van der Waals surface area contributed by atoms with Crippen LogP contribution >= 0.6 is 13.5 Å². The van der Waals surface area contributed by atoms with Crippen molar-refractivity contribution in [3.05, 3.63) is 46.4 Å². The number of Topliss-reactive ketones (excluding diaryl/α,β-unsaturated/α-hetero) is 1. The Balaban J connectivity index is 0.00000304. The lowest BCUT2D eigenvalue weighted by atomic mass is 10.2. The van der Waals surface area contributed by atoms with E-state index < -0.39 is 18.0 Å². The fraction of sp³-hybridized carbons (Fsp3) is 0.364.